The van der Waals surface area contributed by atoms with Crippen LogP contribution in [0.1, 0.15) is 19.3 Å². The molecule has 0 aromatic carbocycles. The SMILES string of the molecule is NCCCS(=O)(=O)CC1CCOCC1. The summed E-state index contributed by atoms with van der Waals surface area (Å²) in [6, 6.07) is 0. The Hall–Kier alpha value is -0.130. The molecule has 0 spiro atoms. The van der Waals surface area contributed by atoms with E-state index in [9.17, 15) is 8.42 Å². The minimum Gasteiger partial charge on any atom is -0.381 e. The maximum atomic E-state index is 11.6. The highest BCUT2D eigenvalue weighted by Crippen LogP contribution is 2.17. The highest BCUT2D eigenvalue weighted by Gasteiger charge is 2.20. The first-order valence-corrected chi connectivity index (χ1v) is 6.94. The van der Waals surface area contributed by atoms with Gasteiger partial charge in [0.15, 0.2) is 9.84 Å². The lowest BCUT2D eigenvalue weighted by molar-refractivity contribution is 0.0723. The van der Waals surface area contributed by atoms with Crippen molar-refractivity contribution in [2.75, 3.05) is 31.3 Å². The fourth-order valence-corrected chi connectivity index (χ4v) is 3.48. The standard InChI is InChI=1S/C9H19NO3S/c10-4-1-7-14(11,12)8-9-2-5-13-6-3-9/h9H,1-8,10H2. The van der Waals surface area contributed by atoms with E-state index in [0.29, 0.717) is 37.9 Å². The van der Waals surface area contributed by atoms with Crippen LogP contribution in [0.4, 0.5) is 0 Å². The van der Waals surface area contributed by atoms with E-state index in [1.54, 1.807) is 0 Å². The first-order chi connectivity index (χ1) is 6.64. The Bertz CT molecular complexity index is 245. The smallest absolute Gasteiger partial charge is 0.150 e. The number of nitrogens with two attached hydrogens (primary N) is 1. The minimum atomic E-state index is -2.88. The number of ether oxygens (including phenoxy) is 1. The average molecular weight is 221 g/mol. The van der Waals surface area contributed by atoms with Crippen molar-refractivity contribution in [3.05, 3.63) is 0 Å². The molecule has 1 heterocycles. The third kappa shape index (κ3) is 4.39. The highest BCUT2D eigenvalue weighted by atomic mass is 32.2. The summed E-state index contributed by atoms with van der Waals surface area (Å²) in [5.41, 5.74) is 5.28. The molecule has 0 amide bonds. The summed E-state index contributed by atoms with van der Waals surface area (Å²) in [5, 5.41) is 0. The van der Waals surface area contributed by atoms with Crippen LogP contribution in [0, 0.1) is 5.92 Å². The van der Waals surface area contributed by atoms with Crippen LogP contribution in [0.2, 0.25) is 0 Å². The van der Waals surface area contributed by atoms with E-state index >= 15 is 0 Å². The molecule has 0 bridgehead atoms. The summed E-state index contributed by atoms with van der Waals surface area (Å²) >= 11 is 0. The van der Waals surface area contributed by atoms with E-state index in [-0.39, 0.29) is 5.75 Å². The average Bonchev–Trinajstić information content (AvgIpc) is 2.16. The van der Waals surface area contributed by atoms with Crippen LogP contribution in [0.15, 0.2) is 0 Å². The molecule has 84 valence electrons. The Morgan fingerprint density at radius 3 is 2.50 bits per heavy atom. The summed E-state index contributed by atoms with van der Waals surface area (Å²) in [7, 11) is -2.88. The molecule has 0 aliphatic carbocycles. The normalized spacial score (nSPS) is 19.8. The fourth-order valence-electron chi connectivity index (χ4n) is 1.66. The van der Waals surface area contributed by atoms with Crippen molar-refractivity contribution in [3.8, 4) is 0 Å². The van der Waals surface area contributed by atoms with Crippen molar-refractivity contribution in [2.24, 2.45) is 11.7 Å². The Kier molecular flexibility index (Phi) is 4.84. The van der Waals surface area contributed by atoms with Crippen LogP contribution in [0.5, 0.6) is 0 Å². The number of hydrogen-bond donors (Lipinski definition) is 1. The van der Waals surface area contributed by atoms with E-state index in [1.165, 1.54) is 0 Å². The number of sulfone groups is 1. The lowest BCUT2D eigenvalue weighted by Crippen LogP contribution is -2.25. The van der Waals surface area contributed by atoms with E-state index < -0.39 is 9.84 Å². The van der Waals surface area contributed by atoms with Gasteiger partial charge in [-0.2, -0.15) is 0 Å². The molecule has 0 radical (unpaired) electrons. The van der Waals surface area contributed by atoms with Gasteiger partial charge in [0.25, 0.3) is 0 Å². The summed E-state index contributed by atoms with van der Waals surface area (Å²) in [4.78, 5) is 0. The molecule has 5 heteroatoms. The van der Waals surface area contributed by atoms with Crippen LogP contribution in [-0.4, -0.2) is 39.7 Å². The maximum absolute atomic E-state index is 11.6. The van der Waals surface area contributed by atoms with E-state index in [0.717, 1.165) is 12.8 Å². The zero-order valence-corrected chi connectivity index (χ0v) is 9.26. The van der Waals surface area contributed by atoms with E-state index in [1.807, 2.05) is 0 Å². The van der Waals surface area contributed by atoms with Gasteiger partial charge in [-0.15, -0.1) is 0 Å². The molecule has 2 N–H and O–H groups in total. The second kappa shape index (κ2) is 5.68. The molecule has 1 fully saturated rings. The molecular formula is C9H19NO3S. The van der Waals surface area contributed by atoms with Crippen LogP contribution in [0.25, 0.3) is 0 Å². The Balaban J connectivity index is 2.33. The van der Waals surface area contributed by atoms with Gasteiger partial charge in [-0.05, 0) is 31.7 Å². The van der Waals surface area contributed by atoms with Gasteiger partial charge in [0.1, 0.15) is 0 Å². The van der Waals surface area contributed by atoms with Crippen molar-refractivity contribution >= 4 is 9.84 Å². The molecular weight excluding hydrogens is 202 g/mol. The molecule has 1 aliphatic heterocycles. The van der Waals surface area contributed by atoms with Crippen LogP contribution >= 0.6 is 0 Å². The van der Waals surface area contributed by atoms with E-state index in [4.69, 9.17) is 10.5 Å². The van der Waals surface area contributed by atoms with Gasteiger partial charge < -0.3 is 10.5 Å². The summed E-state index contributed by atoms with van der Waals surface area (Å²) in [5.74, 6) is 0.851. The number of rotatable bonds is 5. The first-order valence-electron chi connectivity index (χ1n) is 5.12. The molecule has 0 aromatic rings. The van der Waals surface area contributed by atoms with Crippen molar-refractivity contribution in [1.82, 2.24) is 0 Å². The molecule has 1 aliphatic rings. The molecule has 0 atom stereocenters. The first kappa shape index (κ1) is 11.9. The van der Waals surface area contributed by atoms with Gasteiger partial charge in [0.2, 0.25) is 0 Å². The second-order valence-corrected chi connectivity index (χ2v) is 6.04. The molecule has 0 saturated carbocycles. The predicted molar refractivity (Wildman–Crippen MR) is 55.9 cm³/mol. The van der Waals surface area contributed by atoms with Crippen LogP contribution in [-0.2, 0) is 14.6 Å². The van der Waals surface area contributed by atoms with Crippen LogP contribution in [0.3, 0.4) is 0 Å². The second-order valence-electron chi connectivity index (χ2n) is 3.81. The summed E-state index contributed by atoms with van der Waals surface area (Å²) in [6.07, 6.45) is 2.33. The van der Waals surface area contributed by atoms with Gasteiger partial charge in [-0.25, -0.2) is 8.42 Å². The molecule has 1 rings (SSSR count). The lowest BCUT2D eigenvalue weighted by atomic mass is 10.0. The van der Waals surface area contributed by atoms with Gasteiger partial charge >= 0.3 is 0 Å². The van der Waals surface area contributed by atoms with Gasteiger partial charge in [0, 0.05) is 13.2 Å². The Labute approximate surface area is 85.7 Å². The van der Waals surface area contributed by atoms with Crippen molar-refractivity contribution in [3.63, 3.8) is 0 Å². The lowest BCUT2D eigenvalue weighted by Gasteiger charge is -2.21. The summed E-state index contributed by atoms with van der Waals surface area (Å²) in [6.45, 7) is 1.86. The molecule has 14 heavy (non-hydrogen) atoms. The highest BCUT2D eigenvalue weighted by molar-refractivity contribution is 7.91. The van der Waals surface area contributed by atoms with Crippen LogP contribution < -0.4 is 5.73 Å². The Morgan fingerprint density at radius 1 is 1.29 bits per heavy atom. The van der Waals surface area contributed by atoms with Crippen molar-refractivity contribution < 1.29 is 13.2 Å². The Morgan fingerprint density at radius 2 is 1.93 bits per heavy atom. The third-order valence-electron chi connectivity index (χ3n) is 2.49. The third-order valence-corrected chi connectivity index (χ3v) is 4.38. The van der Waals surface area contributed by atoms with Gasteiger partial charge in [-0.3, -0.25) is 0 Å². The maximum Gasteiger partial charge on any atom is 0.150 e. The topological polar surface area (TPSA) is 69.4 Å². The quantitative estimate of drug-likeness (QED) is 0.719. The van der Waals surface area contributed by atoms with E-state index in [2.05, 4.69) is 0 Å². The number of hydrogen-bond acceptors (Lipinski definition) is 4. The largest absolute Gasteiger partial charge is 0.381 e. The zero-order chi connectivity index (χ0) is 10.4. The minimum absolute atomic E-state index is 0.237. The molecule has 0 unspecified atom stereocenters. The molecule has 4 nitrogen and oxygen atoms in total. The van der Waals surface area contributed by atoms with Gasteiger partial charge in [0.05, 0.1) is 11.5 Å². The fraction of sp³-hybridized carbons (Fsp3) is 1.00. The summed E-state index contributed by atoms with van der Waals surface area (Å²) < 4.78 is 28.3. The van der Waals surface area contributed by atoms with Crippen molar-refractivity contribution in [1.29, 1.82) is 0 Å². The van der Waals surface area contributed by atoms with Crippen molar-refractivity contribution in [2.45, 2.75) is 19.3 Å². The monoisotopic (exact) mass is 221 g/mol. The molecule has 1 saturated heterocycles. The predicted octanol–water partition coefficient (Wildman–Crippen LogP) is 0.177. The molecule has 0 aromatic heterocycles. The zero-order valence-electron chi connectivity index (χ0n) is 8.44. The van der Waals surface area contributed by atoms with Gasteiger partial charge in [-0.1, -0.05) is 0 Å².